The maximum atomic E-state index is 9.33. The molecule has 0 spiro atoms. The Kier molecular flexibility index (Phi) is 11.4. The normalized spacial score (nSPS) is 23.1. The molecule has 0 aromatic heterocycles. The molecule has 1 rings (SSSR count). The molecule has 0 saturated heterocycles. The van der Waals surface area contributed by atoms with E-state index in [2.05, 4.69) is 38.2 Å². The van der Waals surface area contributed by atoms with Crippen molar-refractivity contribution in [2.75, 3.05) is 6.61 Å². The first-order chi connectivity index (χ1) is 12.0. The maximum Gasteiger partial charge on any atom is 0.186 e. The van der Waals surface area contributed by atoms with Crippen molar-refractivity contribution < 1.29 is 15.3 Å². The molecular weight excluding hydrogens is 312 g/mol. The van der Waals surface area contributed by atoms with Crippen LogP contribution < -0.4 is 0 Å². The molecule has 146 valence electrons. The molecule has 1 saturated carbocycles. The van der Waals surface area contributed by atoms with Crippen LogP contribution in [0.3, 0.4) is 0 Å². The van der Waals surface area contributed by atoms with Gasteiger partial charge in [-0.3, -0.25) is 0 Å². The van der Waals surface area contributed by atoms with Gasteiger partial charge in [0.25, 0.3) is 0 Å². The molecular formula is C22H40O3. The zero-order valence-electron chi connectivity index (χ0n) is 16.4. The highest BCUT2D eigenvalue weighted by Crippen LogP contribution is 2.35. The van der Waals surface area contributed by atoms with Crippen LogP contribution in [0.15, 0.2) is 24.3 Å². The third-order valence-corrected chi connectivity index (χ3v) is 5.50. The summed E-state index contributed by atoms with van der Waals surface area (Å²) in [4.78, 5) is 0. The number of rotatable bonds is 13. The average molecular weight is 353 g/mol. The predicted molar refractivity (Wildman–Crippen MR) is 105 cm³/mol. The Morgan fingerprint density at radius 3 is 2.64 bits per heavy atom. The van der Waals surface area contributed by atoms with Crippen molar-refractivity contribution in [3.8, 4) is 0 Å². The molecule has 0 heterocycles. The molecule has 0 amide bonds. The molecule has 0 bridgehead atoms. The summed E-state index contributed by atoms with van der Waals surface area (Å²) in [6.45, 7) is 4.03. The van der Waals surface area contributed by atoms with E-state index >= 15 is 0 Å². The lowest BCUT2D eigenvalue weighted by molar-refractivity contribution is -0.191. The molecule has 3 heteroatoms. The first-order valence-corrected chi connectivity index (χ1v) is 10.4. The number of allylic oxidation sites excluding steroid dienone is 4. The Hall–Kier alpha value is -0.640. The van der Waals surface area contributed by atoms with Gasteiger partial charge >= 0.3 is 0 Å². The molecule has 1 fully saturated rings. The molecule has 25 heavy (non-hydrogen) atoms. The second kappa shape index (κ2) is 12.7. The van der Waals surface area contributed by atoms with Crippen molar-refractivity contribution in [2.24, 2.45) is 17.8 Å². The van der Waals surface area contributed by atoms with E-state index in [0.717, 1.165) is 30.6 Å². The van der Waals surface area contributed by atoms with Crippen LogP contribution in [0.4, 0.5) is 0 Å². The van der Waals surface area contributed by atoms with Gasteiger partial charge in [0.05, 0.1) is 6.61 Å². The highest BCUT2D eigenvalue weighted by molar-refractivity contribution is 4.98. The summed E-state index contributed by atoms with van der Waals surface area (Å²) < 4.78 is 0. The van der Waals surface area contributed by atoms with Gasteiger partial charge in [-0.2, -0.15) is 0 Å². The van der Waals surface area contributed by atoms with E-state index in [1.54, 1.807) is 0 Å². The van der Waals surface area contributed by atoms with Gasteiger partial charge < -0.3 is 15.3 Å². The van der Waals surface area contributed by atoms with Crippen LogP contribution >= 0.6 is 0 Å². The summed E-state index contributed by atoms with van der Waals surface area (Å²) in [5.74, 6) is 0.398. The number of aliphatic hydroxyl groups excluding tert-OH is 1. The zero-order valence-corrected chi connectivity index (χ0v) is 16.4. The molecule has 0 radical (unpaired) electrons. The van der Waals surface area contributed by atoms with Crippen LogP contribution in [0.1, 0.15) is 84.5 Å². The Balaban J connectivity index is 2.23. The van der Waals surface area contributed by atoms with Crippen molar-refractivity contribution in [3.63, 3.8) is 0 Å². The maximum absolute atomic E-state index is 9.33. The number of hydrogen-bond acceptors (Lipinski definition) is 3. The van der Waals surface area contributed by atoms with Crippen LogP contribution in [0.5, 0.6) is 0 Å². The van der Waals surface area contributed by atoms with E-state index < -0.39 is 12.4 Å². The Morgan fingerprint density at radius 2 is 1.92 bits per heavy atom. The molecule has 0 aromatic rings. The summed E-state index contributed by atoms with van der Waals surface area (Å²) in [6, 6.07) is 0. The van der Waals surface area contributed by atoms with E-state index in [4.69, 9.17) is 5.11 Å². The fraction of sp³-hybridized carbons (Fsp3) is 0.818. The molecule has 0 aliphatic heterocycles. The number of unbranched alkanes of at least 4 members (excludes halogenated alkanes) is 2. The van der Waals surface area contributed by atoms with E-state index in [1.807, 2.05) is 0 Å². The minimum atomic E-state index is -1.91. The summed E-state index contributed by atoms with van der Waals surface area (Å²) in [6.07, 6.45) is 21.4. The van der Waals surface area contributed by atoms with E-state index in [9.17, 15) is 10.2 Å². The highest BCUT2D eigenvalue weighted by Gasteiger charge is 2.24. The van der Waals surface area contributed by atoms with Gasteiger partial charge in [0.15, 0.2) is 5.79 Å². The standard InChI is InChI=1S/C22H40O3/c1-3-4-11-19(2)12-9-14-21-16-10-15-20(21)13-7-5-6-8-17-22(24,25)18-23/h5,7,9,14,19-21,23-25H,3-4,6,8,10-13,15-18H2,1-2H3/t19-,20+,21+/m1/s1. The first kappa shape index (κ1) is 22.4. The molecule has 0 aromatic carbocycles. The van der Waals surface area contributed by atoms with Crippen molar-refractivity contribution in [2.45, 2.75) is 90.3 Å². The minimum Gasteiger partial charge on any atom is -0.391 e. The molecule has 0 unspecified atom stereocenters. The lowest BCUT2D eigenvalue weighted by Gasteiger charge is -2.17. The van der Waals surface area contributed by atoms with E-state index in [-0.39, 0.29) is 6.42 Å². The minimum absolute atomic E-state index is 0.221. The summed E-state index contributed by atoms with van der Waals surface area (Å²) in [5.41, 5.74) is 0. The summed E-state index contributed by atoms with van der Waals surface area (Å²) in [5, 5.41) is 27.5. The third-order valence-electron chi connectivity index (χ3n) is 5.50. The lowest BCUT2D eigenvalue weighted by Crippen LogP contribution is -2.32. The van der Waals surface area contributed by atoms with Gasteiger partial charge in [-0.25, -0.2) is 0 Å². The van der Waals surface area contributed by atoms with Crippen molar-refractivity contribution >= 4 is 0 Å². The highest BCUT2D eigenvalue weighted by atomic mass is 16.5. The van der Waals surface area contributed by atoms with Crippen molar-refractivity contribution in [3.05, 3.63) is 24.3 Å². The average Bonchev–Trinajstić information content (AvgIpc) is 3.03. The van der Waals surface area contributed by atoms with Gasteiger partial charge in [0.1, 0.15) is 0 Å². The van der Waals surface area contributed by atoms with Crippen LogP contribution in [-0.4, -0.2) is 27.7 Å². The van der Waals surface area contributed by atoms with E-state index in [0.29, 0.717) is 6.42 Å². The van der Waals surface area contributed by atoms with Crippen molar-refractivity contribution in [1.29, 1.82) is 0 Å². The fourth-order valence-corrected chi connectivity index (χ4v) is 3.74. The second-order valence-electron chi connectivity index (χ2n) is 8.01. The Bertz CT molecular complexity index is 387. The van der Waals surface area contributed by atoms with Crippen molar-refractivity contribution in [1.82, 2.24) is 0 Å². The topological polar surface area (TPSA) is 60.7 Å². The lowest BCUT2D eigenvalue weighted by atomic mass is 9.91. The van der Waals surface area contributed by atoms with Crippen LogP contribution in [0.25, 0.3) is 0 Å². The van der Waals surface area contributed by atoms with Crippen LogP contribution in [0, 0.1) is 17.8 Å². The molecule has 3 N–H and O–H groups in total. The SMILES string of the molecule is CCCC[C@@H](C)CC=C[C@H]1CCC[C@@H]1CC=CCCCC(O)(O)CO. The quantitative estimate of drug-likeness (QED) is 0.249. The largest absolute Gasteiger partial charge is 0.391 e. The van der Waals surface area contributed by atoms with Gasteiger partial charge in [-0.15, -0.1) is 0 Å². The van der Waals surface area contributed by atoms with Crippen LogP contribution in [-0.2, 0) is 0 Å². The van der Waals surface area contributed by atoms with Gasteiger partial charge in [0, 0.05) is 6.42 Å². The number of aliphatic hydroxyl groups is 3. The Morgan fingerprint density at radius 1 is 1.12 bits per heavy atom. The smallest absolute Gasteiger partial charge is 0.186 e. The Labute approximate surface area is 154 Å². The third kappa shape index (κ3) is 10.2. The van der Waals surface area contributed by atoms with Crippen LogP contribution in [0.2, 0.25) is 0 Å². The molecule has 1 aliphatic rings. The summed E-state index contributed by atoms with van der Waals surface area (Å²) >= 11 is 0. The fourth-order valence-electron chi connectivity index (χ4n) is 3.74. The number of hydrogen-bond donors (Lipinski definition) is 3. The zero-order chi connectivity index (χ0) is 18.5. The van der Waals surface area contributed by atoms with Gasteiger partial charge in [-0.1, -0.05) is 63.8 Å². The first-order valence-electron chi connectivity index (χ1n) is 10.4. The van der Waals surface area contributed by atoms with Gasteiger partial charge in [0.2, 0.25) is 0 Å². The molecule has 3 nitrogen and oxygen atoms in total. The van der Waals surface area contributed by atoms with E-state index in [1.165, 1.54) is 44.9 Å². The summed E-state index contributed by atoms with van der Waals surface area (Å²) in [7, 11) is 0. The second-order valence-corrected chi connectivity index (χ2v) is 8.01. The molecule has 3 atom stereocenters. The predicted octanol–water partition coefficient (Wildman–Crippen LogP) is 4.97. The monoisotopic (exact) mass is 352 g/mol. The molecule has 1 aliphatic carbocycles. The van der Waals surface area contributed by atoms with Gasteiger partial charge in [-0.05, 0) is 56.3 Å².